The summed E-state index contributed by atoms with van der Waals surface area (Å²) in [6.07, 6.45) is 0.371. The normalized spacial score (nSPS) is 14.6. The fourth-order valence-corrected chi connectivity index (χ4v) is 3.21. The number of tetrazole rings is 1. The van der Waals surface area contributed by atoms with E-state index >= 15 is 0 Å². The van der Waals surface area contributed by atoms with E-state index in [1.165, 1.54) is 12.3 Å². The first-order valence-corrected chi connectivity index (χ1v) is 9.00. The highest BCUT2D eigenvalue weighted by Gasteiger charge is 2.51. The number of methoxy groups -OCH3 is 1. The summed E-state index contributed by atoms with van der Waals surface area (Å²) in [5.74, 6) is -2.29. The smallest absolute Gasteiger partial charge is 0.273 e. The molecule has 0 fully saturated rings. The van der Waals surface area contributed by atoms with Crippen molar-refractivity contribution < 1.29 is 27.4 Å². The van der Waals surface area contributed by atoms with Crippen LogP contribution in [0.3, 0.4) is 0 Å². The van der Waals surface area contributed by atoms with E-state index in [0.29, 0.717) is 19.1 Å². The first-order valence-electron chi connectivity index (χ1n) is 9.00. The monoisotopic (exact) mass is 425 g/mol. The number of rotatable bonds is 9. The van der Waals surface area contributed by atoms with E-state index in [-0.39, 0.29) is 5.69 Å². The minimum absolute atomic E-state index is 0.0238. The molecule has 0 amide bonds. The molecule has 3 aromatic rings. The minimum atomic E-state index is -3.48. The van der Waals surface area contributed by atoms with Crippen molar-refractivity contribution in [1.29, 1.82) is 0 Å². The van der Waals surface area contributed by atoms with Gasteiger partial charge < -0.3 is 9.84 Å². The van der Waals surface area contributed by atoms with Crippen LogP contribution in [-0.4, -0.2) is 50.4 Å². The Labute approximate surface area is 169 Å². The zero-order valence-electron chi connectivity index (χ0n) is 15.9. The molecular formula is C19H19F4N5O2. The van der Waals surface area contributed by atoms with Crippen LogP contribution in [0.2, 0.25) is 0 Å². The van der Waals surface area contributed by atoms with E-state index in [1.807, 2.05) is 0 Å². The second kappa shape index (κ2) is 9.26. The van der Waals surface area contributed by atoms with E-state index in [0.717, 1.165) is 35.1 Å². The first-order chi connectivity index (χ1) is 14.4. The number of ether oxygens (including phenoxy) is 1. The van der Waals surface area contributed by atoms with Crippen LogP contribution in [0.5, 0.6) is 0 Å². The first kappa shape index (κ1) is 21.8. The van der Waals surface area contributed by atoms with E-state index < -0.39 is 35.3 Å². The molecule has 0 aliphatic heterocycles. The molecule has 160 valence electrons. The summed E-state index contributed by atoms with van der Waals surface area (Å²) in [5, 5.41) is 21.5. The minimum Gasteiger partial charge on any atom is -0.385 e. The molecule has 30 heavy (non-hydrogen) atoms. The fourth-order valence-electron chi connectivity index (χ4n) is 3.21. The number of aliphatic hydroxyl groups is 1. The molecule has 3 rings (SSSR count). The van der Waals surface area contributed by atoms with Gasteiger partial charge >= 0.3 is 0 Å². The van der Waals surface area contributed by atoms with Gasteiger partial charge in [0, 0.05) is 31.5 Å². The van der Waals surface area contributed by atoms with Gasteiger partial charge in [0.05, 0.1) is 5.69 Å². The number of aromatic nitrogens is 5. The Morgan fingerprint density at radius 1 is 1.20 bits per heavy atom. The maximum absolute atomic E-state index is 14.4. The predicted octanol–water partition coefficient (Wildman–Crippen LogP) is 2.67. The highest BCUT2D eigenvalue weighted by molar-refractivity contribution is 5.32. The molecule has 11 heteroatoms. The second-order valence-electron chi connectivity index (χ2n) is 6.63. The summed E-state index contributed by atoms with van der Waals surface area (Å²) < 4.78 is 62.1. The Bertz CT molecular complexity index is 956. The van der Waals surface area contributed by atoms with Crippen LogP contribution in [0.1, 0.15) is 29.3 Å². The van der Waals surface area contributed by atoms with Gasteiger partial charge in [0.2, 0.25) is 0 Å². The van der Waals surface area contributed by atoms with E-state index in [9.17, 15) is 22.7 Å². The van der Waals surface area contributed by atoms with Crippen LogP contribution in [0.4, 0.5) is 17.6 Å². The molecule has 0 saturated carbocycles. The lowest BCUT2D eigenvalue weighted by Crippen LogP contribution is -2.45. The molecule has 7 nitrogen and oxygen atoms in total. The van der Waals surface area contributed by atoms with Crippen molar-refractivity contribution in [1.82, 2.24) is 25.2 Å². The van der Waals surface area contributed by atoms with Crippen molar-refractivity contribution in [3.63, 3.8) is 0 Å². The van der Waals surface area contributed by atoms with Crippen LogP contribution >= 0.6 is 0 Å². The zero-order valence-corrected chi connectivity index (χ0v) is 15.9. The van der Waals surface area contributed by atoms with Gasteiger partial charge in [-0.05, 0) is 47.0 Å². The molecule has 0 saturated heterocycles. The quantitative estimate of drug-likeness (QED) is 0.419. The molecular weight excluding hydrogens is 406 g/mol. The molecule has 1 aromatic carbocycles. The van der Waals surface area contributed by atoms with Gasteiger partial charge in [-0.25, -0.2) is 22.2 Å². The third kappa shape index (κ3) is 4.31. The van der Waals surface area contributed by atoms with Crippen molar-refractivity contribution in [2.24, 2.45) is 0 Å². The molecule has 2 heterocycles. The number of nitrogens with zero attached hydrogens (tertiary/aromatic N) is 5. The van der Waals surface area contributed by atoms with E-state index in [2.05, 4.69) is 20.5 Å². The lowest BCUT2D eigenvalue weighted by Gasteiger charge is -2.35. The molecule has 0 bridgehead atoms. The zero-order chi connectivity index (χ0) is 21.7. The average molecular weight is 425 g/mol. The molecule has 0 aliphatic carbocycles. The summed E-state index contributed by atoms with van der Waals surface area (Å²) in [6.45, 7) is 0.546. The number of pyridine rings is 1. The topological polar surface area (TPSA) is 86.0 Å². The van der Waals surface area contributed by atoms with Gasteiger partial charge in [0.1, 0.15) is 24.0 Å². The van der Waals surface area contributed by atoms with Crippen molar-refractivity contribution >= 4 is 0 Å². The van der Waals surface area contributed by atoms with Gasteiger partial charge in [-0.3, -0.25) is 4.98 Å². The lowest BCUT2D eigenvalue weighted by atomic mass is 9.84. The van der Waals surface area contributed by atoms with Crippen LogP contribution in [-0.2, 0) is 16.8 Å². The van der Waals surface area contributed by atoms with Gasteiger partial charge in [0.25, 0.3) is 6.43 Å². The Morgan fingerprint density at radius 3 is 2.57 bits per heavy atom. The molecule has 0 radical (unpaired) electrons. The maximum atomic E-state index is 14.4. The maximum Gasteiger partial charge on any atom is 0.273 e. The summed E-state index contributed by atoms with van der Waals surface area (Å²) in [6, 6.07) is 3.39. The standard InChI is InChI=1S/C19H19F4N5O2/c1-30-8-2-3-12-4-7-16(24-10-12)17(28-11-25-26-27-28)19(29,18(22)23)14-6-5-13(20)9-15(14)21/h4-7,9-11,17-18,29H,2-3,8H2,1H3. The Hall–Kier alpha value is -2.92. The van der Waals surface area contributed by atoms with E-state index in [1.54, 1.807) is 13.2 Å². The van der Waals surface area contributed by atoms with Gasteiger partial charge in [-0.15, -0.1) is 5.10 Å². The summed E-state index contributed by atoms with van der Waals surface area (Å²) >= 11 is 0. The van der Waals surface area contributed by atoms with Crippen molar-refractivity contribution in [2.75, 3.05) is 13.7 Å². The molecule has 0 aliphatic rings. The van der Waals surface area contributed by atoms with Crippen molar-refractivity contribution in [2.45, 2.75) is 30.9 Å². The van der Waals surface area contributed by atoms with Crippen LogP contribution in [0.15, 0.2) is 42.9 Å². The summed E-state index contributed by atoms with van der Waals surface area (Å²) in [4.78, 5) is 4.19. The van der Waals surface area contributed by atoms with Crippen molar-refractivity contribution in [3.05, 3.63) is 71.3 Å². The highest BCUT2D eigenvalue weighted by Crippen LogP contribution is 2.42. The number of hydrogen-bond acceptors (Lipinski definition) is 6. The number of hydrogen-bond donors (Lipinski definition) is 1. The Kier molecular flexibility index (Phi) is 6.73. The molecule has 2 atom stereocenters. The second-order valence-corrected chi connectivity index (χ2v) is 6.63. The van der Waals surface area contributed by atoms with Crippen molar-refractivity contribution in [3.8, 4) is 0 Å². The van der Waals surface area contributed by atoms with Crippen LogP contribution in [0.25, 0.3) is 0 Å². The Balaban J connectivity index is 2.08. The summed E-state index contributed by atoms with van der Waals surface area (Å²) in [7, 11) is 1.58. The molecule has 1 N–H and O–H groups in total. The van der Waals surface area contributed by atoms with Crippen LogP contribution in [0, 0.1) is 11.6 Å². The third-order valence-corrected chi connectivity index (χ3v) is 4.68. The lowest BCUT2D eigenvalue weighted by molar-refractivity contribution is -0.131. The number of halogens is 4. The van der Waals surface area contributed by atoms with Crippen LogP contribution < -0.4 is 0 Å². The number of alkyl halides is 2. The molecule has 2 unspecified atom stereocenters. The number of aryl methyl sites for hydroxylation is 1. The average Bonchev–Trinajstić information content (AvgIpc) is 3.23. The van der Waals surface area contributed by atoms with Gasteiger partial charge in [-0.1, -0.05) is 6.07 Å². The van der Waals surface area contributed by atoms with E-state index in [4.69, 9.17) is 4.74 Å². The highest BCUT2D eigenvalue weighted by atomic mass is 19.3. The number of benzene rings is 1. The summed E-state index contributed by atoms with van der Waals surface area (Å²) in [5.41, 5.74) is -3.13. The van der Waals surface area contributed by atoms with Gasteiger partial charge in [0.15, 0.2) is 5.60 Å². The largest absolute Gasteiger partial charge is 0.385 e. The molecule has 2 aromatic heterocycles. The van der Waals surface area contributed by atoms with Gasteiger partial charge in [-0.2, -0.15) is 0 Å². The third-order valence-electron chi connectivity index (χ3n) is 4.68. The molecule has 0 spiro atoms. The predicted molar refractivity (Wildman–Crippen MR) is 96.6 cm³/mol. The fraction of sp³-hybridized carbons (Fsp3) is 0.368. The SMILES string of the molecule is COCCCc1ccc(C(n2cnnn2)C(O)(c2ccc(F)cc2F)C(F)F)nc1. The Morgan fingerprint density at radius 2 is 2.00 bits per heavy atom.